The number of fused-ring (bicyclic) bond motifs is 1. The Labute approximate surface area is 142 Å². The van der Waals surface area contributed by atoms with Crippen LogP contribution >= 0.6 is 0 Å². The number of rotatable bonds is 6. The minimum atomic E-state index is -0.438. The fourth-order valence-corrected chi connectivity index (χ4v) is 3.42. The maximum absolute atomic E-state index is 12.7. The molecule has 0 saturated carbocycles. The van der Waals surface area contributed by atoms with Crippen LogP contribution in [-0.2, 0) is 16.1 Å². The molecule has 1 aromatic rings. The second-order valence-electron chi connectivity index (χ2n) is 6.42. The lowest BCUT2D eigenvalue weighted by Crippen LogP contribution is -2.56. The van der Waals surface area contributed by atoms with E-state index in [0.29, 0.717) is 19.4 Å². The van der Waals surface area contributed by atoms with Gasteiger partial charge in [-0.2, -0.15) is 0 Å². The van der Waals surface area contributed by atoms with Crippen molar-refractivity contribution in [3.05, 3.63) is 29.3 Å². The lowest BCUT2D eigenvalue weighted by atomic mass is 10.0. The van der Waals surface area contributed by atoms with Gasteiger partial charge in [-0.3, -0.25) is 9.59 Å². The number of hydrogen-bond acceptors (Lipinski definition) is 4. The van der Waals surface area contributed by atoms with Crippen molar-refractivity contribution in [3.8, 4) is 0 Å². The smallest absolute Gasteiger partial charge is 0.254 e. The Hall–Kier alpha value is -2.08. The van der Waals surface area contributed by atoms with E-state index in [1.807, 2.05) is 17.0 Å². The summed E-state index contributed by atoms with van der Waals surface area (Å²) in [4.78, 5) is 26.1. The number of ether oxygens (including phenoxy) is 1. The van der Waals surface area contributed by atoms with Crippen molar-refractivity contribution >= 4 is 17.5 Å². The van der Waals surface area contributed by atoms with Crippen LogP contribution in [0.1, 0.15) is 48.5 Å². The Kier molecular flexibility index (Phi) is 5.04. The molecular formula is C18H25N3O3. The topological polar surface area (TPSA) is 70.7 Å². The molecule has 2 aliphatic heterocycles. The van der Waals surface area contributed by atoms with Crippen molar-refractivity contribution < 1.29 is 14.3 Å². The fraction of sp³-hybridized carbons (Fsp3) is 0.556. The molecule has 1 aromatic carbocycles. The average molecular weight is 331 g/mol. The first kappa shape index (κ1) is 16.8. The van der Waals surface area contributed by atoms with E-state index in [1.54, 1.807) is 7.11 Å². The van der Waals surface area contributed by atoms with Crippen LogP contribution in [0.5, 0.6) is 0 Å². The monoisotopic (exact) mass is 331 g/mol. The molecule has 1 saturated heterocycles. The first-order valence-corrected chi connectivity index (χ1v) is 8.64. The molecule has 130 valence electrons. The number of methoxy groups -OCH3 is 1. The van der Waals surface area contributed by atoms with Crippen LogP contribution < -0.4 is 10.6 Å². The van der Waals surface area contributed by atoms with Gasteiger partial charge in [-0.25, -0.2) is 0 Å². The SMILES string of the molecule is CCCCNc1ccc2c(c1)CN(C1CCC(=O)NC1OC)C2=O. The van der Waals surface area contributed by atoms with Gasteiger partial charge < -0.3 is 20.3 Å². The molecule has 6 heteroatoms. The van der Waals surface area contributed by atoms with Gasteiger partial charge in [0.15, 0.2) is 0 Å². The molecule has 0 aliphatic carbocycles. The van der Waals surface area contributed by atoms with E-state index in [1.165, 1.54) is 0 Å². The number of anilines is 1. The summed E-state index contributed by atoms with van der Waals surface area (Å²) in [7, 11) is 1.56. The highest BCUT2D eigenvalue weighted by molar-refractivity contribution is 5.99. The molecule has 0 bridgehead atoms. The largest absolute Gasteiger partial charge is 0.385 e. The van der Waals surface area contributed by atoms with Gasteiger partial charge in [-0.05, 0) is 36.6 Å². The third kappa shape index (κ3) is 3.24. The first-order valence-electron chi connectivity index (χ1n) is 8.64. The van der Waals surface area contributed by atoms with E-state index < -0.39 is 6.23 Å². The normalized spacial score (nSPS) is 23.2. The van der Waals surface area contributed by atoms with E-state index >= 15 is 0 Å². The molecule has 2 atom stereocenters. The molecule has 2 N–H and O–H groups in total. The summed E-state index contributed by atoms with van der Waals surface area (Å²) in [5.41, 5.74) is 2.84. The van der Waals surface area contributed by atoms with Gasteiger partial charge in [-0.15, -0.1) is 0 Å². The maximum Gasteiger partial charge on any atom is 0.254 e. The van der Waals surface area contributed by atoms with E-state index in [9.17, 15) is 9.59 Å². The van der Waals surface area contributed by atoms with Crippen LogP contribution in [0.3, 0.4) is 0 Å². The Morgan fingerprint density at radius 2 is 2.21 bits per heavy atom. The highest BCUT2D eigenvalue weighted by Crippen LogP contribution is 2.30. The van der Waals surface area contributed by atoms with E-state index in [0.717, 1.165) is 36.2 Å². The summed E-state index contributed by atoms with van der Waals surface area (Å²) < 4.78 is 5.38. The number of nitrogens with one attached hydrogen (secondary N) is 2. The molecule has 0 spiro atoms. The van der Waals surface area contributed by atoms with E-state index in [4.69, 9.17) is 4.74 Å². The number of nitrogens with zero attached hydrogens (tertiary/aromatic N) is 1. The zero-order chi connectivity index (χ0) is 17.1. The third-order valence-corrected chi connectivity index (χ3v) is 4.77. The maximum atomic E-state index is 12.7. The third-order valence-electron chi connectivity index (χ3n) is 4.77. The van der Waals surface area contributed by atoms with Gasteiger partial charge in [0.2, 0.25) is 5.91 Å². The van der Waals surface area contributed by atoms with Crippen molar-refractivity contribution in [3.63, 3.8) is 0 Å². The Morgan fingerprint density at radius 1 is 1.38 bits per heavy atom. The minimum absolute atomic E-state index is 0.0216. The molecule has 2 unspecified atom stereocenters. The lowest BCUT2D eigenvalue weighted by Gasteiger charge is -2.37. The molecule has 0 aromatic heterocycles. The predicted molar refractivity (Wildman–Crippen MR) is 91.7 cm³/mol. The number of amides is 2. The van der Waals surface area contributed by atoms with Crippen molar-refractivity contribution in [1.82, 2.24) is 10.2 Å². The molecule has 24 heavy (non-hydrogen) atoms. The van der Waals surface area contributed by atoms with Crippen LogP contribution in [0, 0.1) is 0 Å². The zero-order valence-corrected chi connectivity index (χ0v) is 14.3. The van der Waals surface area contributed by atoms with Crippen LogP contribution in [-0.4, -0.2) is 42.6 Å². The summed E-state index contributed by atoms with van der Waals surface area (Å²) in [6.45, 7) is 3.67. The quantitative estimate of drug-likeness (QED) is 0.783. The summed E-state index contributed by atoms with van der Waals surface area (Å²) in [5.74, 6) is -0.00187. The number of hydrogen-bond donors (Lipinski definition) is 2. The average Bonchev–Trinajstić information content (AvgIpc) is 2.91. The van der Waals surface area contributed by atoms with Crippen molar-refractivity contribution in [1.29, 1.82) is 0 Å². The molecule has 0 radical (unpaired) electrons. The second kappa shape index (κ2) is 7.21. The van der Waals surface area contributed by atoms with Gasteiger partial charge >= 0.3 is 0 Å². The van der Waals surface area contributed by atoms with Crippen LogP contribution in [0.2, 0.25) is 0 Å². The lowest BCUT2D eigenvalue weighted by molar-refractivity contribution is -0.131. The Morgan fingerprint density at radius 3 is 2.96 bits per heavy atom. The number of benzene rings is 1. The molecule has 2 amide bonds. The minimum Gasteiger partial charge on any atom is -0.385 e. The number of carbonyl (C=O) groups is 2. The van der Waals surface area contributed by atoms with E-state index in [-0.39, 0.29) is 17.9 Å². The van der Waals surface area contributed by atoms with Gasteiger partial charge in [-0.1, -0.05) is 13.3 Å². The standard InChI is InChI=1S/C18H25N3O3/c1-3-4-9-19-13-5-6-14-12(10-13)11-21(18(14)23)15-7-8-16(22)20-17(15)24-2/h5-6,10,15,17,19H,3-4,7-9,11H2,1-2H3,(H,20,22). The summed E-state index contributed by atoms with van der Waals surface area (Å²) in [5, 5.41) is 6.22. The number of unbranched alkanes of at least 4 members (excludes halogenated alkanes) is 1. The zero-order valence-electron chi connectivity index (χ0n) is 14.3. The first-order chi connectivity index (χ1) is 11.6. The number of piperidine rings is 1. The van der Waals surface area contributed by atoms with Crippen molar-refractivity contribution in [2.45, 2.75) is 51.4 Å². The van der Waals surface area contributed by atoms with Crippen LogP contribution in [0.4, 0.5) is 5.69 Å². The molecule has 2 heterocycles. The van der Waals surface area contributed by atoms with Crippen LogP contribution in [0.15, 0.2) is 18.2 Å². The highest BCUT2D eigenvalue weighted by Gasteiger charge is 2.39. The van der Waals surface area contributed by atoms with Crippen molar-refractivity contribution in [2.75, 3.05) is 19.0 Å². The molecule has 1 fully saturated rings. The summed E-state index contributed by atoms with van der Waals surface area (Å²) >= 11 is 0. The van der Waals surface area contributed by atoms with Gasteiger partial charge in [0.25, 0.3) is 5.91 Å². The fourth-order valence-electron chi connectivity index (χ4n) is 3.42. The highest BCUT2D eigenvalue weighted by atomic mass is 16.5. The van der Waals surface area contributed by atoms with E-state index in [2.05, 4.69) is 23.6 Å². The Balaban J connectivity index is 1.74. The number of carbonyl (C=O) groups excluding carboxylic acids is 2. The van der Waals surface area contributed by atoms with Gasteiger partial charge in [0, 0.05) is 37.9 Å². The van der Waals surface area contributed by atoms with Crippen molar-refractivity contribution in [2.24, 2.45) is 0 Å². The Bertz CT molecular complexity index is 632. The second-order valence-corrected chi connectivity index (χ2v) is 6.42. The predicted octanol–water partition coefficient (Wildman–Crippen LogP) is 2.11. The molecule has 3 rings (SSSR count). The molecule has 6 nitrogen and oxygen atoms in total. The molecular weight excluding hydrogens is 306 g/mol. The van der Waals surface area contributed by atoms with Gasteiger partial charge in [0.1, 0.15) is 6.23 Å². The summed E-state index contributed by atoms with van der Waals surface area (Å²) in [6.07, 6.45) is 2.89. The van der Waals surface area contributed by atoms with Crippen LogP contribution in [0.25, 0.3) is 0 Å². The van der Waals surface area contributed by atoms with Gasteiger partial charge in [0.05, 0.1) is 6.04 Å². The summed E-state index contributed by atoms with van der Waals surface area (Å²) in [6, 6.07) is 5.80. The molecule has 2 aliphatic rings.